The molecule has 0 spiro atoms. The summed E-state index contributed by atoms with van der Waals surface area (Å²) in [5, 5.41) is 13.8. The third-order valence-corrected chi connectivity index (χ3v) is 3.36. The largest absolute Gasteiger partial charge is 0.389 e. The molecule has 5 heteroatoms. The van der Waals surface area contributed by atoms with Gasteiger partial charge in [0.1, 0.15) is 0 Å². The number of benzene rings is 1. The molecule has 0 saturated carbocycles. The van der Waals surface area contributed by atoms with E-state index in [0.29, 0.717) is 26.4 Å². The van der Waals surface area contributed by atoms with Crippen LogP contribution in [0.5, 0.6) is 0 Å². The summed E-state index contributed by atoms with van der Waals surface area (Å²) in [6.45, 7) is 7.78. The molecule has 1 aromatic rings. The number of rotatable bonds is 10. The SMILES string of the molecule is CC(C)OCCOCC(O)CN[C@@H](C)c1ccccc1Cl. The summed E-state index contributed by atoms with van der Waals surface area (Å²) in [4.78, 5) is 0. The minimum absolute atomic E-state index is 0.0811. The van der Waals surface area contributed by atoms with Gasteiger partial charge in [-0.2, -0.15) is 0 Å². The van der Waals surface area contributed by atoms with E-state index in [4.69, 9.17) is 21.1 Å². The topological polar surface area (TPSA) is 50.7 Å². The Bertz CT molecular complexity index is 401. The molecular weight excluding hydrogens is 290 g/mol. The molecule has 0 bridgehead atoms. The van der Waals surface area contributed by atoms with Crippen molar-refractivity contribution in [1.82, 2.24) is 5.32 Å². The lowest BCUT2D eigenvalue weighted by molar-refractivity contribution is -0.0104. The van der Waals surface area contributed by atoms with Crippen LogP contribution >= 0.6 is 11.6 Å². The van der Waals surface area contributed by atoms with Gasteiger partial charge >= 0.3 is 0 Å². The normalized spacial score (nSPS) is 14.4. The van der Waals surface area contributed by atoms with Gasteiger partial charge < -0.3 is 19.9 Å². The van der Waals surface area contributed by atoms with Gasteiger partial charge in [-0.1, -0.05) is 29.8 Å². The summed E-state index contributed by atoms with van der Waals surface area (Å²) in [5.74, 6) is 0. The Morgan fingerprint density at radius 1 is 1.19 bits per heavy atom. The Morgan fingerprint density at radius 3 is 2.57 bits per heavy atom. The lowest BCUT2D eigenvalue weighted by Gasteiger charge is -2.18. The van der Waals surface area contributed by atoms with Crippen molar-refractivity contribution in [3.8, 4) is 0 Å². The summed E-state index contributed by atoms with van der Waals surface area (Å²) < 4.78 is 10.7. The first kappa shape index (κ1) is 18.4. The minimum atomic E-state index is -0.547. The average Bonchev–Trinajstić information content (AvgIpc) is 2.44. The van der Waals surface area contributed by atoms with Gasteiger partial charge in [0, 0.05) is 17.6 Å². The molecule has 0 aliphatic heterocycles. The van der Waals surface area contributed by atoms with Crippen molar-refractivity contribution in [2.24, 2.45) is 0 Å². The van der Waals surface area contributed by atoms with Crippen LogP contribution in [0, 0.1) is 0 Å². The van der Waals surface area contributed by atoms with Crippen molar-refractivity contribution in [1.29, 1.82) is 0 Å². The first-order chi connectivity index (χ1) is 10.0. The van der Waals surface area contributed by atoms with E-state index in [1.54, 1.807) is 0 Å². The molecule has 0 aliphatic rings. The third kappa shape index (κ3) is 7.79. The molecule has 0 aliphatic carbocycles. The highest BCUT2D eigenvalue weighted by Crippen LogP contribution is 2.21. The van der Waals surface area contributed by atoms with Gasteiger partial charge in [0.2, 0.25) is 0 Å². The fourth-order valence-electron chi connectivity index (χ4n) is 1.87. The number of halogens is 1. The van der Waals surface area contributed by atoms with Crippen LogP contribution in [0.1, 0.15) is 32.4 Å². The Balaban J connectivity index is 2.18. The lowest BCUT2D eigenvalue weighted by atomic mass is 10.1. The quantitative estimate of drug-likeness (QED) is 0.652. The van der Waals surface area contributed by atoms with E-state index in [1.165, 1.54) is 0 Å². The van der Waals surface area contributed by atoms with Crippen molar-refractivity contribution in [3.63, 3.8) is 0 Å². The Labute approximate surface area is 132 Å². The third-order valence-electron chi connectivity index (χ3n) is 3.02. The second-order valence-electron chi connectivity index (χ2n) is 5.30. The van der Waals surface area contributed by atoms with Crippen molar-refractivity contribution in [2.45, 2.75) is 39.0 Å². The van der Waals surface area contributed by atoms with Gasteiger partial charge in [0.15, 0.2) is 0 Å². The van der Waals surface area contributed by atoms with Crippen molar-refractivity contribution < 1.29 is 14.6 Å². The molecule has 1 aromatic carbocycles. The molecule has 0 heterocycles. The predicted molar refractivity (Wildman–Crippen MR) is 85.8 cm³/mol. The molecular formula is C16H26ClNO3. The van der Waals surface area contributed by atoms with Crippen LogP contribution in [-0.4, -0.2) is 43.7 Å². The van der Waals surface area contributed by atoms with Gasteiger partial charge in [-0.05, 0) is 32.4 Å². The molecule has 2 N–H and O–H groups in total. The highest BCUT2D eigenvalue weighted by Gasteiger charge is 2.11. The van der Waals surface area contributed by atoms with Gasteiger partial charge in [-0.15, -0.1) is 0 Å². The highest BCUT2D eigenvalue weighted by molar-refractivity contribution is 6.31. The maximum Gasteiger partial charge on any atom is 0.0897 e. The minimum Gasteiger partial charge on any atom is -0.389 e. The summed E-state index contributed by atoms with van der Waals surface area (Å²) >= 11 is 6.14. The lowest BCUT2D eigenvalue weighted by Crippen LogP contribution is -2.32. The van der Waals surface area contributed by atoms with Gasteiger partial charge in [0.05, 0.1) is 32.0 Å². The number of nitrogens with one attached hydrogen (secondary N) is 1. The zero-order chi connectivity index (χ0) is 15.7. The Hall–Kier alpha value is -0.650. The van der Waals surface area contributed by atoms with Gasteiger partial charge in [-0.3, -0.25) is 0 Å². The fourth-order valence-corrected chi connectivity index (χ4v) is 2.17. The standard InChI is InChI=1S/C16H26ClNO3/c1-12(2)21-9-8-20-11-14(19)10-18-13(3)15-6-4-5-7-16(15)17/h4-7,12-14,18-19H,8-11H2,1-3H3/t13-,14?/m0/s1. The second-order valence-corrected chi connectivity index (χ2v) is 5.71. The summed E-state index contributed by atoms with van der Waals surface area (Å²) in [6.07, 6.45) is -0.342. The number of hydrogen-bond acceptors (Lipinski definition) is 4. The van der Waals surface area contributed by atoms with Crippen LogP contribution in [0.2, 0.25) is 5.02 Å². The zero-order valence-electron chi connectivity index (χ0n) is 13.0. The van der Waals surface area contributed by atoms with E-state index in [0.717, 1.165) is 10.6 Å². The molecule has 0 aromatic heterocycles. The Morgan fingerprint density at radius 2 is 1.90 bits per heavy atom. The molecule has 0 radical (unpaired) electrons. The van der Waals surface area contributed by atoms with Crippen molar-refractivity contribution in [2.75, 3.05) is 26.4 Å². The van der Waals surface area contributed by atoms with Crippen LogP contribution in [0.3, 0.4) is 0 Å². The van der Waals surface area contributed by atoms with Crippen LogP contribution in [0.25, 0.3) is 0 Å². The van der Waals surface area contributed by atoms with E-state index >= 15 is 0 Å². The first-order valence-corrected chi connectivity index (χ1v) is 7.73. The number of aliphatic hydroxyl groups excluding tert-OH is 1. The molecule has 1 unspecified atom stereocenters. The molecule has 1 rings (SSSR count). The van der Waals surface area contributed by atoms with E-state index in [2.05, 4.69) is 5.32 Å². The second kappa shape index (κ2) is 10.1. The number of hydrogen-bond donors (Lipinski definition) is 2. The number of ether oxygens (including phenoxy) is 2. The van der Waals surface area contributed by atoms with Crippen LogP contribution < -0.4 is 5.32 Å². The maximum atomic E-state index is 9.86. The molecule has 120 valence electrons. The predicted octanol–water partition coefficient (Wildman–Crippen LogP) is 2.79. The van der Waals surface area contributed by atoms with Crippen LogP contribution in [0.4, 0.5) is 0 Å². The van der Waals surface area contributed by atoms with E-state index in [-0.39, 0.29) is 12.1 Å². The monoisotopic (exact) mass is 315 g/mol. The fraction of sp³-hybridized carbons (Fsp3) is 0.625. The smallest absolute Gasteiger partial charge is 0.0897 e. The molecule has 0 saturated heterocycles. The molecule has 21 heavy (non-hydrogen) atoms. The first-order valence-electron chi connectivity index (χ1n) is 7.36. The van der Waals surface area contributed by atoms with Crippen LogP contribution in [-0.2, 0) is 9.47 Å². The molecule has 2 atom stereocenters. The summed E-state index contributed by atoms with van der Waals surface area (Å²) in [5.41, 5.74) is 1.03. The Kier molecular flexibility index (Phi) is 8.88. The maximum absolute atomic E-state index is 9.86. The average molecular weight is 316 g/mol. The molecule has 0 amide bonds. The van der Waals surface area contributed by atoms with Gasteiger partial charge in [-0.25, -0.2) is 0 Å². The molecule has 4 nitrogen and oxygen atoms in total. The van der Waals surface area contributed by atoms with E-state index in [9.17, 15) is 5.11 Å². The molecule has 0 fully saturated rings. The summed E-state index contributed by atoms with van der Waals surface area (Å²) in [7, 11) is 0. The zero-order valence-corrected chi connectivity index (χ0v) is 13.8. The van der Waals surface area contributed by atoms with Crippen molar-refractivity contribution in [3.05, 3.63) is 34.9 Å². The summed E-state index contributed by atoms with van der Waals surface area (Å²) in [6, 6.07) is 7.78. The van der Waals surface area contributed by atoms with Crippen molar-refractivity contribution >= 4 is 11.6 Å². The van der Waals surface area contributed by atoms with Gasteiger partial charge in [0.25, 0.3) is 0 Å². The van der Waals surface area contributed by atoms with E-state index < -0.39 is 6.10 Å². The number of aliphatic hydroxyl groups is 1. The van der Waals surface area contributed by atoms with Crippen LogP contribution in [0.15, 0.2) is 24.3 Å². The highest BCUT2D eigenvalue weighted by atomic mass is 35.5. The van der Waals surface area contributed by atoms with E-state index in [1.807, 2.05) is 45.0 Å².